The molecule has 17 heavy (non-hydrogen) atoms. The van der Waals surface area contributed by atoms with Gasteiger partial charge in [0.25, 0.3) is 10.1 Å². The van der Waals surface area contributed by atoms with Crippen LogP contribution in [0.5, 0.6) is 0 Å². The molecule has 6 heteroatoms. The number of halogens is 1. The van der Waals surface area contributed by atoms with Crippen LogP contribution in [0.25, 0.3) is 0 Å². The van der Waals surface area contributed by atoms with Crippen LogP contribution in [0.1, 0.15) is 31.2 Å². The van der Waals surface area contributed by atoms with Crippen LogP contribution < -0.4 is 0 Å². The van der Waals surface area contributed by atoms with E-state index in [9.17, 15) is 13.0 Å². The molecule has 1 saturated carbocycles. The second kappa shape index (κ2) is 4.66. The van der Waals surface area contributed by atoms with Crippen LogP contribution in [0.4, 0.5) is 0 Å². The molecule has 0 saturated heterocycles. The average molecular weight is 320 g/mol. The fraction of sp³-hybridized carbons (Fsp3) is 0.545. The van der Waals surface area contributed by atoms with Crippen molar-refractivity contribution in [1.29, 1.82) is 0 Å². The lowest BCUT2D eigenvalue weighted by atomic mass is 9.93. The van der Waals surface area contributed by atoms with Gasteiger partial charge in [-0.3, -0.25) is 9.54 Å². The van der Waals surface area contributed by atoms with Gasteiger partial charge in [-0.25, -0.2) is 0 Å². The molecule has 0 spiro atoms. The van der Waals surface area contributed by atoms with E-state index in [-0.39, 0.29) is 5.92 Å². The zero-order valence-electron chi connectivity index (χ0n) is 9.38. The van der Waals surface area contributed by atoms with E-state index >= 15 is 0 Å². The third-order valence-corrected chi connectivity index (χ3v) is 4.88. The zero-order chi connectivity index (χ0) is 12.6. The van der Waals surface area contributed by atoms with Crippen molar-refractivity contribution in [1.82, 2.24) is 4.98 Å². The van der Waals surface area contributed by atoms with E-state index in [1.165, 1.54) is 0 Å². The molecule has 1 aliphatic carbocycles. The number of hydrogen-bond donors (Lipinski definition) is 1. The third-order valence-electron chi connectivity index (χ3n) is 3.22. The number of nitrogens with zero attached hydrogens (tertiary/aromatic N) is 1. The van der Waals surface area contributed by atoms with E-state index in [0.29, 0.717) is 5.92 Å². The fourth-order valence-electron chi connectivity index (χ4n) is 2.18. The maximum absolute atomic E-state index is 11.3. The highest BCUT2D eigenvalue weighted by Gasteiger charge is 2.40. The van der Waals surface area contributed by atoms with Crippen molar-refractivity contribution in [2.75, 3.05) is 0 Å². The van der Waals surface area contributed by atoms with Crippen LogP contribution >= 0.6 is 15.9 Å². The molecule has 1 aromatic heterocycles. The molecular formula is C11H14BrNO3S. The Morgan fingerprint density at radius 2 is 2.12 bits per heavy atom. The Morgan fingerprint density at radius 3 is 2.59 bits per heavy atom. The van der Waals surface area contributed by atoms with Gasteiger partial charge in [-0.05, 0) is 53.2 Å². The Labute approximate surface area is 109 Å². The van der Waals surface area contributed by atoms with Gasteiger partial charge in [-0.15, -0.1) is 0 Å². The fourth-order valence-corrected chi connectivity index (χ4v) is 3.31. The summed E-state index contributed by atoms with van der Waals surface area (Å²) in [5.41, 5.74) is 0.868. The number of aromatic nitrogens is 1. The van der Waals surface area contributed by atoms with Crippen molar-refractivity contribution < 1.29 is 13.0 Å². The first-order valence-electron chi connectivity index (χ1n) is 5.46. The summed E-state index contributed by atoms with van der Waals surface area (Å²) in [5, 5.41) is -0.786. The molecule has 94 valence electrons. The molecule has 1 aromatic rings. The molecule has 2 unspecified atom stereocenters. The maximum Gasteiger partial charge on any atom is 0.268 e. The third kappa shape index (κ3) is 3.05. The highest BCUT2D eigenvalue weighted by molar-refractivity contribution is 9.10. The summed E-state index contributed by atoms with van der Waals surface area (Å²) in [6, 6.07) is 1.87. The van der Waals surface area contributed by atoms with E-state index in [4.69, 9.17) is 0 Å². The van der Waals surface area contributed by atoms with Crippen molar-refractivity contribution in [2.45, 2.75) is 30.9 Å². The van der Waals surface area contributed by atoms with E-state index in [1.54, 1.807) is 19.3 Å². The predicted octanol–water partition coefficient (Wildman–Crippen LogP) is 2.61. The zero-order valence-corrected chi connectivity index (χ0v) is 11.8. The van der Waals surface area contributed by atoms with E-state index in [0.717, 1.165) is 22.9 Å². The van der Waals surface area contributed by atoms with Crippen molar-refractivity contribution in [3.63, 3.8) is 0 Å². The molecule has 2 rings (SSSR count). The Kier molecular flexibility index (Phi) is 3.56. The summed E-state index contributed by atoms with van der Waals surface area (Å²) in [5.74, 6) is 0.165. The van der Waals surface area contributed by atoms with Crippen LogP contribution in [0.15, 0.2) is 22.9 Å². The summed E-state index contributed by atoms with van der Waals surface area (Å²) in [4.78, 5) is 4.06. The van der Waals surface area contributed by atoms with Crippen LogP contribution in [0.2, 0.25) is 0 Å². The molecule has 0 bridgehead atoms. The minimum Gasteiger partial charge on any atom is -0.285 e. The molecule has 0 aromatic carbocycles. The van der Waals surface area contributed by atoms with Crippen molar-refractivity contribution in [3.05, 3.63) is 28.5 Å². The first kappa shape index (κ1) is 13.0. The van der Waals surface area contributed by atoms with Gasteiger partial charge in [0.05, 0.1) is 5.25 Å². The molecule has 1 N–H and O–H groups in total. The Bertz CT molecular complexity index is 513. The van der Waals surface area contributed by atoms with Crippen LogP contribution in [-0.4, -0.2) is 23.2 Å². The quantitative estimate of drug-likeness (QED) is 0.866. The summed E-state index contributed by atoms with van der Waals surface area (Å²) < 4.78 is 32.6. The Hall–Kier alpha value is -0.460. The van der Waals surface area contributed by atoms with E-state index in [2.05, 4.69) is 20.9 Å². The van der Waals surface area contributed by atoms with Gasteiger partial charge in [0.1, 0.15) is 0 Å². The second-order valence-electron chi connectivity index (χ2n) is 4.52. The normalized spacial score (nSPS) is 19.9. The molecule has 0 amide bonds. The second-order valence-corrected chi connectivity index (χ2v) is 7.21. The molecule has 0 radical (unpaired) electrons. The number of rotatable bonds is 4. The lowest BCUT2D eigenvalue weighted by Crippen LogP contribution is -2.26. The molecule has 1 heterocycles. The van der Waals surface area contributed by atoms with Crippen molar-refractivity contribution >= 4 is 26.0 Å². The summed E-state index contributed by atoms with van der Waals surface area (Å²) in [7, 11) is -4.01. The SMILES string of the molecule is CC(C(c1cncc(Br)c1)C1CC1)S(=O)(=O)O. The van der Waals surface area contributed by atoms with E-state index < -0.39 is 15.4 Å². The summed E-state index contributed by atoms with van der Waals surface area (Å²) in [6.45, 7) is 1.55. The Morgan fingerprint density at radius 1 is 1.47 bits per heavy atom. The summed E-state index contributed by atoms with van der Waals surface area (Å²) >= 11 is 3.33. The van der Waals surface area contributed by atoms with Gasteiger partial charge in [0.15, 0.2) is 0 Å². The van der Waals surface area contributed by atoms with Gasteiger partial charge in [-0.1, -0.05) is 0 Å². The van der Waals surface area contributed by atoms with Crippen molar-refractivity contribution in [2.24, 2.45) is 5.92 Å². The first-order valence-corrected chi connectivity index (χ1v) is 7.76. The average Bonchev–Trinajstić information content (AvgIpc) is 3.01. The van der Waals surface area contributed by atoms with Crippen LogP contribution in [0.3, 0.4) is 0 Å². The summed E-state index contributed by atoms with van der Waals surface area (Å²) in [6.07, 6.45) is 5.36. The maximum atomic E-state index is 11.3. The smallest absolute Gasteiger partial charge is 0.268 e. The molecule has 0 aliphatic heterocycles. The van der Waals surface area contributed by atoms with Gasteiger partial charge in [0.2, 0.25) is 0 Å². The molecule has 2 atom stereocenters. The predicted molar refractivity (Wildman–Crippen MR) is 68.4 cm³/mol. The topological polar surface area (TPSA) is 67.3 Å². The van der Waals surface area contributed by atoms with Gasteiger partial charge < -0.3 is 0 Å². The Balaban J connectivity index is 2.36. The molecule has 4 nitrogen and oxygen atoms in total. The molecule has 1 fully saturated rings. The minimum atomic E-state index is -4.01. The first-order chi connectivity index (χ1) is 7.89. The van der Waals surface area contributed by atoms with Gasteiger partial charge >= 0.3 is 0 Å². The van der Waals surface area contributed by atoms with Crippen LogP contribution in [0, 0.1) is 5.92 Å². The largest absolute Gasteiger partial charge is 0.285 e. The highest BCUT2D eigenvalue weighted by Crippen LogP contribution is 2.46. The van der Waals surface area contributed by atoms with Gasteiger partial charge in [-0.2, -0.15) is 8.42 Å². The molecule has 1 aliphatic rings. The number of pyridine rings is 1. The van der Waals surface area contributed by atoms with Crippen LogP contribution in [-0.2, 0) is 10.1 Å². The minimum absolute atomic E-state index is 0.171. The van der Waals surface area contributed by atoms with Gasteiger partial charge in [0, 0.05) is 22.8 Å². The highest BCUT2D eigenvalue weighted by atomic mass is 79.9. The monoisotopic (exact) mass is 319 g/mol. The van der Waals surface area contributed by atoms with E-state index in [1.807, 2.05) is 6.07 Å². The lowest BCUT2D eigenvalue weighted by molar-refractivity contribution is 0.447. The van der Waals surface area contributed by atoms with Crippen molar-refractivity contribution in [3.8, 4) is 0 Å². The standard InChI is InChI=1S/C11H14BrNO3S/c1-7(17(14,15)16)11(8-2-3-8)9-4-10(12)6-13-5-9/h4-8,11H,2-3H2,1H3,(H,14,15,16). The number of hydrogen-bond acceptors (Lipinski definition) is 3. The molecular weight excluding hydrogens is 306 g/mol. The lowest BCUT2D eigenvalue weighted by Gasteiger charge is -2.21.